The maximum Gasteiger partial charge on any atom is 0.337 e. The minimum atomic E-state index is -0.390. The topological polar surface area (TPSA) is 52.6 Å². The first-order valence-electron chi connectivity index (χ1n) is 7.68. The van der Waals surface area contributed by atoms with Crippen molar-refractivity contribution >= 4 is 23.4 Å². The van der Waals surface area contributed by atoms with Crippen LogP contribution in [0.1, 0.15) is 46.0 Å². The first-order chi connectivity index (χ1) is 11.5. The van der Waals surface area contributed by atoms with Crippen LogP contribution in [0.3, 0.4) is 0 Å². The molecule has 4 nitrogen and oxygen atoms in total. The molecule has 0 bridgehead atoms. The number of methoxy groups -OCH3 is 1. The summed E-state index contributed by atoms with van der Waals surface area (Å²) in [7, 11) is 1.34. The van der Waals surface area contributed by atoms with E-state index in [1.165, 1.54) is 7.11 Å². The van der Waals surface area contributed by atoms with Crippen LogP contribution in [0.2, 0.25) is 5.02 Å². The van der Waals surface area contributed by atoms with E-state index in [-0.39, 0.29) is 12.4 Å². The summed E-state index contributed by atoms with van der Waals surface area (Å²) in [5, 5.41) is 0.384. The zero-order chi connectivity index (χ0) is 17.5. The lowest BCUT2D eigenvalue weighted by Gasteiger charge is -2.09. The van der Waals surface area contributed by atoms with Gasteiger partial charge in [-0.1, -0.05) is 30.7 Å². The Balaban J connectivity index is 2.06. The van der Waals surface area contributed by atoms with Crippen molar-refractivity contribution < 1.29 is 19.1 Å². The quantitative estimate of drug-likeness (QED) is 0.539. The molecule has 0 spiro atoms. The number of ether oxygens (including phenoxy) is 2. The number of ketones is 1. The van der Waals surface area contributed by atoms with Gasteiger partial charge in [0.1, 0.15) is 12.4 Å². The van der Waals surface area contributed by atoms with Crippen LogP contribution in [0, 0.1) is 0 Å². The number of carbonyl (C=O) groups is 2. The number of hydrogen-bond donors (Lipinski definition) is 0. The van der Waals surface area contributed by atoms with Crippen molar-refractivity contribution in [1.82, 2.24) is 0 Å². The van der Waals surface area contributed by atoms with Crippen molar-refractivity contribution in [3.8, 4) is 5.75 Å². The Morgan fingerprint density at radius 3 is 2.58 bits per heavy atom. The summed E-state index contributed by atoms with van der Waals surface area (Å²) in [5.74, 6) is 0.204. The number of Topliss-reactive ketones (excluding diaryl/α,β-unsaturated/α-hetero) is 1. The number of rotatable bonds is 7. The molecule has 0 radical (unpaired) electrons. The molecule has 24 heavy (non-hydrogen) atoms. The summed E-state index contributed by atoms with van der Waals surface area (Å²) in [6.07, 6.45) is 1.25. The molecule has 0 unspecified atom stereocenters. The van der Waals surface area contributed by atoms with Gasteiger partial charge in [-0.2, -0.15) is 0 Å². The highest BCUT2D eigenvalue weighted by Crippen LogP contribution is 2.25. The Hall–Kier alpha value is -2.33. The van der Waals surface area contributed by atoms with Crippen LogP contribution < -0.4 is 4.74 Å². The van der Waals surface area contributed by atoms with Crippen LogP contribution in [0.15, 0.2) is 42.5 Å². The SMILES string of the molecule is CCCC(=O)c1ccc(OCc2cccc(C(=O)OC)c2)cc1Cl. The number of esters is 1. The van der Waals surface area contributed by atoms with Crippen molar-refractivity contribution in [1.29, 1.82) is 0 Å². The smallest absolute Gasteiger partial charge is 0.337 e. The molecule has 0 heterocycles. The van der Waals surface area contributed by atoms with Gasteiger partial charge in [-0.25, -0.2) is 4.79 Å². The fraction of sp³-hybridized carbons (Fsp3) is 0.263. The van der Waals surface area contributed by atoms with Crippen molar-refractivity contribution in [2.24, 2.45) is 0 Å². The van der Waals surface area contributed by atoms with E-state index in [1.54, 1.807) is 36.4 Å². The van der Waals surface area contributed by atoms with Gasteiger partial charge in [-0.3, -0.25) is 4.79 Å². The molecule has 0 aliphatic rings. The fourth-order valence-electron chi connectivity index (χ4n) is 2.25. The lowest BCUT2D eigenvalue weighted by atomic mass is 10.1. The maximum atomic E-state index is 11.9. The van der Waals surface area contributed by atoms with E-state index < -0.39 is 5.97 Å². The summed E-state index contributed by atoms with van der Waals surface area (Å²) in [6, 6.07) is 12.1. The Morgan fingerprint density at radius 2 is 1.92 bits per heavy atom. The molecule has 2 aromatic carbocycles. The van der Waals surface area contributed by atoms with E-state index in [0.717, 1.165) is 12.0 Å². The molecule has 0 amide bonds. The average molecular weight is 347 g/mol. The van der Waals surface area contributed by atoms with Crippen molar-refractivity contribution in [2.45, 2.75) is 26.4 Å². The molecule has 0 aliphatic carbocycles. The van der Waals surface area contributed by atoms with Gasteiger partial charge in [-0.05, 0) is 42.3 Å². The maximum absolute atomic E-state index is 11.9. The summed E-state index contributed by atoms with van der Waals surface area (Å²) >= 11 is 6.17. The zero-order valence-corrected chi connectivity index (χ0v) is 14.4. The van der Waals surface area contributed by atoms with Gasteiger partial charge in [0.2, 0.25) is 0 Å². The number of benzene rings is 2. The Bertz CT molecular complexity index is 740. The minimum Gasteiger partial charge on any atom is -0.489 e. The molecule has 0 aromatic heterocycles. The molecular formula is C19H19ClO4. The van der Waals surface area contributed by atoms with Crippen molar-refractivity contribution in [3.05, 3.63) is 64.2 Å². The molecule has 0 saturated carbocycles. The molecule has 2 aromatic rings. The van der Waals surface area contributed by atoms with Gasteiger partial charge in [0.25, 0.3) is 0 Å². The monoisotopic (exact) mass is 346 g/mol. The van der Waals surface area contributed by atoms with Gasteiger partial charge in [0.05, 0.1) is 17.7 Å². The third-order valence-electron chi connectivity index (χ3n) is 3.47. The van der Waals surface area contributed by atoms with Crippen LogP contribution in [0.5, 0.6) is 5.75 Å². The molecule has 0 N–H and O–H groups in total. The molecule has 2 rings (SSSR count). The predicted octanol–water partition coefficient (Wildman–Crippen LogP) is 4.69. The molecule has 5 heteroatoms. The second-order valence-electron chi connectivity index (χ2n) is 5.30. The van der Waals surface area contributed by atoms with Crippen molar-refractivity contribution in [2.75, 3.05) is 7.11 Å². The fourth-order valence-corrected chi connectivity index (χ4v) is 2.52. The Labute approximate surface area is 146 Å². The summed E-state index contributed by atoms with van der Waals surface area (Å²) in [6.45, 7) is 2.23. The highest BCUT2D eigenvalue weighted by Gasteiger charge is 2.11. The van der Waals surface area contributed by atoms with Gasteiger partial charge < -0.3 is 9.47 Å². The average Bonchev–Trinajstić information content (AvgIpc) is 2.59. The van der Waals surface area contributed by atoms with E-state index >= 15 is 0 Å². The number of hydrogen-bond acceptors (Lipinski definition) is 4. The third-order valence-corrected chi connectivity index (χ3v) is 3.78. The molecule has 0 fully saturated rings. The van der Waals surface area contributed by atoms with Crippen LogP contribution in [0.4, 0.5) is 0 Å². The van der Waals surface area contributed by atoms with Gasteiger partial charge >= 0.3 is 5.97 Å². The normalized spacial score (nSPS) is 10.3. The van der Waals surface area contributed by atoms with E-state index in [1.807, 2.05) is 13.0 Å². The summed E-state index contributed by atoms with van der Waals surface area (Å²) < 4.78 is 10.4. The van der Waals surface area contributed by atoms with Crippen molar-refractivity contribution in [3.63, 3.8) is 0 Å². The molecule has 0 aliphatic heterocycles. The lowest BCUT2D eigenvalue weighted by molar-refractivity contribution is 0.0600. The highest BCUT2D eigenvalue weighted by atomic mass is 35.5. The van der Waals surface area contributed by atoms with Crippen LogP contribution in [-0.4, -0.2) is 18.9 Å². The van der Waals surface area contributed by atoms with Crippen LogP contribution in [-0.2, 0) is 11.3 Å². The van der Waals surface area contributed by atoms with Gasteiger partial charge in [0, 0.05) is 12.0 Å². The van der Waals surface area contributed by atoms with E-state index in [0.29, 0.717) is 28.3 Å². The largest absolute Gasteiger partial charge is 0.489 e. The molecule has 0 atom stereocenters. The highest BCUT2D eigenvalue weighted by molar-refractivity contribution is 6.34. The first-order valence-corrected chi connectivity index (χ1v) is 8.05. The molecular weight excluding hydrogens is 328 g/mol. The molecule has 0 saturated heterocycles. The second-order valence-corrected chi connectivity index (χ2v) is 5.70. The standard InChI is InChI=1S/C19H19ClO4/c1-3-5-18(21)16-9-8-15(11-17(16)20)24-12-13-6-4-7-14(10-13)19(22)23-2/h4,6-11H,3,5,12H2,1-2H3. The van der Waals surface area contributed by atoms with E-state index in [2.05, 4.69) is 0 Å². The number of halogens is 1. The predicted molar refractivity (Wildman–Crippen MR) is 92.8 cm³/mol. The van der Waals surface area contributed by atoms with Gasteiger partial charge in [-0.15, -0.1) is 0 Å². The summed E-state index contributed by atoms with van der Waals surface area (Å²) in [5.41, 5.74) is 1.82. The zero-order valence-electron chi connectivity index (χ0n) is 13.7. The first kappa shape index (κ1) is 18.0. The van der Waals surface area contributed by atoms with E-state index in [4.69, 9.17) is 21.1 Å². The number of carbonyl (C=O) groups excluding carboxylic acids is 2. The molecule has 126 valence electrons. The second kappa shape index (κ2) is 8.50. The van der Waals surface area contributed by atoms with Crippen LogP contribution >= 0.6 is 11.6 Å². The van der Waals surface area contributed by atoms with E-state index in [9.17, 15) is 9.59 Å². The van der Waals surface area contributed by atoms with Crippen LogP contribution in [0.25, 0.3) is 0 Å². The summed E-state index contributed by atoms with van der Waals surface area (Å²) in [4.78, 5) is 23.4. The lowest BCUT2D eigenvalue weighted by Crippen LogP contribution is -2.03. The Morgan fingerprint density at radius 1 is 1.12 bits per heavy atom. The third kappa shape index (κ3) is 4.59. The minimum absolute atomic E-state index is 0.0276. The Kier molecular flexibility index (Phi) is 6.38. The van der Waals surface area contributed by atoms with Gasteiger partial charge in [0.15, 0.2) is 5.78 Å².